The summed E-state index contributed by atoms with van der Waals surface area (Å²) in [4.78, 5) is 31.4. The summed E-state index contributed by atoms with van der Waals surface area (Å²) in [6.45, 7) is 1.99. The van der Waals surface area contributed by atoms with Crippen LogP contribution in [0.4, 0.5) is 24.7 Å². The molecular weight excluding hydrogens is 459 g/mol. The van der Waals surface area contributed by atoms with E-state index in [0.717, 1.165) is 12.1 Å². The number of fused-ring (bicyclic) bond motifs is 1. The number of rotatable bonds is 4. The summed E-state index contributed by atoms with van der Waals surface area (Å²) in [5.41, 5.74) is -0.424. The van der Waals surface area contributed by atoms with Crippen LogP contribution in [-0.4, -0.2) is 40.2 Å². The summed E-state index contributed by atoms with van der Waals surface area (Å²) >= 11 is 0. The molecule has 0 spiro atoms. The number of halogens is 3. The van der Waals surface area contributed by atoms with Gasteiger partial charge in [-0.3, -0.25) is 14.3 Å². The highest BCUT2D eigenvalue weighted by atomic mass is 32.1. The predicted molar refractivity (Wildman–Crippen MR) is 119 cm³/mol. The number of amides is 2. The number of pyridine rings is 1. The van der Waals surface area contributed by atoms with E-state index >= 15 is 0 Å². The van der Waals surface area contributed by atoms with Gasteiger partial charge in [-0.2, -0.15) is 31.8 Å². The standard InChI is InChI=1S/C21H18F3N5O3.H2S/c1-12-11-28(14-5-3-13(4-6-14)21(22,23)24)20(31)18-16(10-26-29(12)18)19(30)27-17-8-7-15(32-2)9-25-17;/h3-10,12H,11H2,1-2H3,(H,25,27,30);1H2/t12-;/m0./s1. The predicted octanol–water partition coefficient (Wildman–Crippen LogP) is 3.89. The number of methoxy groups -OCH3 is 1. The Hall–Kier alpha value is -3.54. The number of hydrogen-bond donors (Lipinski definition) is 1. The van der Waals surface area contributed by atoms with Gasteiger partial charge in [0.1, 0.15) is 17.3 Å². The molecule has 1 aliphatic rings. The second kappa shape index (κ2) is 9.14. The molecule has 4 rings (SSSR count). The molecule has 0 fully saturated rings. The van der Waals surface area contributed by atoms with Crippen LogP contribution in [-0.2, 0) is 6.18 Å². The maximum absolute atomic E-state index is 13.2. The van der Waals surface area contributed by atoms with Gasteiger partial charge >= 0.3 is 6.18 Å². The number of nitrogens with zero attached hydrogens (tertiary/aromatic N) is 4. The number of anilines is 2. The third-order valence-corrected chi connectivity index (χ3v) is 5.07. The highest BCUT2D eigenvalue weighted by Gasteiger charge is 2.36. The van der Waals surface area contributed by atoms with Crippen molar-refractivity contribution in [2.75, 3.05) is 23.9 Å². The summed E-state index contributed by atoms with van der Waals surface area (Å²) in [6.07, 6.45) is -1.75. The molecule has 2 amide bonds. The Balaban J connectivity index is 0.00000306. The van der Waals surface area contributed by atoms with Crippen LogP contribution in [0.15, 0.2) is 48.8 Å². The summed E-state index contributed by atoms with van der Waals surface area (Å²) in [7, 11) is 1.49. The fraction of sp³-hybridized carbons (Fsp3) is 0.238. The van der Waals surface area contributed by atoms with Crippen LogP contribution in [0, 0.1) is 0 Å². The van der Waals surface area contributed by atoms with Crippen molar-refractivity contribution in [1.29, 1.82) is 0 Å². The number of hydrogen-bond acceptors (Lipinski definition) is 5. The summed E-state index contributed by atoms with van der Waals surface area (Å²) in [5.74, 6) is -0.347. The molecule has 2 aromatic heterocycles. The lowest BCUT2D eigenvalue weighted by molar-refractivity contribution is -0.137. The Kier molecular flexibility index (Phi) is 6.68. The lowest BCUT2D eigenvalue weighted by Gasteiger charge is -2.32. The molecule has 3 heterocycles. The molecule has 0 radical (unpaired) electrons. The van der Waals surface area contributed by atoms with Crippen molar-refractivity contribution in [2.24, 2.45) is 0 Å². The van der Waals surface area contributed by atoms with Gasteiger partial charge in [0.15, 0.2) is 0 Å². The lowest BCUT2D eigenvalue weighted by atomic mass is 10.1. The molecule has 174 valence electrons. The molecule has 1 aliphatic heterocycles. The molecule has 0 saturated carbocycles. The van der Waals surface area contributed by atoms with E-state index < -0.39 is 23.6 Å². The first-order valence-electron chi connectivity index (χ1n) is 9.57. The first-order chi connectivity index (χ1) is 15.2. The quantitative estimate of drug-likeness (QED) is 0.613. The summed E-state index contributed by atoms with van der Waals surface area (Å²) in [6, 6.07) is 7.18. The number of benzene rings is 1. The molecule has 3 aromatic rings. The van der Waals surface area contributed by atoms with Gasteiger partial charge in [0.25, 0.3) is 11.8 Å². The molecule has 0 unspecified atom stereocenters. The van der Waals surface area contributed by atoms with Gasteiger partial charge in [-0.25, -0.2) is 4.98 Å². The normalized spacial score (nSPS) is 15.5. The number of carbonyl (C=O) groups is 2. The van der Waals surface area contributed by atoms with Crippen molar-refractivity contribution in [3.8, 4) is 5.75 Å². The first-order valence-corrected chi connectivity index (χ1v) is 9.57. The zero-order valence-electron chi connectivity index (χ0n) is 17.6. The van der Waals surface area contributed by atoms with Gasteiger partial charge in [0.05, 0.1) is 36.7 Å². The minimum absolute atomic E-state index is 0. The lowest BCUT2D eigenvalue weighted by Crippen LogP contribution is -2.43. The third kappa shape index (κ3) is 4.65. The van der Waals surface area contributed by atoms with Crippen LogP contribution < -0.4 is 15.0 Å². The Morgan fingerprint density at radius 3 is 2.42 bits per heavy atom. The SMILES string of the molecule is COc1ccc(NC(=O)c2cnn3c2C(=O)N(c2ccc(C(F)(F)F)cc2)C[C@@H]3C)nc1.S. The average molecular weight is 479 g/mol. The minimum Gasteiger partial charge on any atom is -0.495 e. The maximum Gasteiger partial charge on any atom is 0.416 e. The van der Waals surface area contributed by atoms with Crippen LogP contribution in [0.1, 0.15) is 39.4 Å². The zero-order valence-corrected chi connectivity index (χ0v) is 18.6. The topological polar surface area (TPSA) is 89.3 Å². The molecule has 8 nitrogen and oxygen atoms in total. The van der Waals surface area contributed by atoms with Gasteiger partial charge in [-0.1, -0.05) is 0 Å². The second-order valence-corrected chi connectivity index (χ2v) is 7.20. The summed E-state index contributed by atoms with van der Waals surface area (Å²) in [5, 5.41) is 6.78. The van der Waals surface area contributed by atoms with E-state index in [1.165, 1.54) is 41.2 Å². The Morgan fingerprint density at radius 1 is 1.15 bits per heavy atom. The van der Waals surface area contributed by atoms with Crippen LogP contribution >= 0.6 is 13.5 Å². The average Bonchev–Trinajstić information content (AvgIpc) is 3.23. The van der Waals surface area contributed by atoms with Crippen molar-refractivity contribution in [2.45, 2.75) is 19.1 Å². The molecule has 1 N–H and O–H groups in total. The smallest absolute Gasteiger partial charge is 0.416 e. The van der Waals surface area contributed by atoms with E-state index in [-0.39, 0.29) is 43.2 Å². The number of alkyl halides is 3. The molecule has 0 aliphatic carbocycles. The van der Waals surface area contributed by atoms with Crippen LogP contribution in [0.2, 0.25) is 0 Å². The number of ether oxygens (including phenoxy) is 1. The highest BCUT2D eigenvalue weighted by Crippen LogP contribution is 2.33. The molecule has 1 atom stereocenters. The number of carbonyl (C=O) groups excluding carboxylic acids is 2. The molecular formula is C21H20F3N5O3S. The fourth-order valence-corrected chi connectivity index (χ4v) is 3.44. The van der Waals surface area contributed by atoms with E-state index in [4.69, 9.17) is 4.74 Å². The van der Waals surface area contributed by atoms with Gasteiger partial charge in [0, 0.05) is 12.2 Å². The van der Waals surface area contributed by atoms with Gasteiger partial charge in [-0.15, -0.1) is 0 Å². The van der Waals surface area contributed by atoms with E-state index in [0.29, 0.717) is 11.4 Å². The zero-order chi connectivity index (χ0) is 23.0. The number of aromatic nitrogens is 3. The van der Waals surface area contributed by atoms with E-state index in [9.17, 15) is 22.8 Å². The third-order valence-electron chi connectivity index (χ3n) is 5.07. The monoisotopic (exact) mass is 479 g/mol. The largest absolute Gasteiger partial charge is 0.495 e. The van der Waals surface area contributed by atoms with E-state index in [2.05, 4.69) is 15.4 Å². The van der Waals surface area contributed by atoms with Crippen LogP contribution in [0.5, 0.6) is 5.75 Å². The van der Waals surface area contributed by atoms with Gasteiger partial charge < -0.3 is 15.0 Å². The second-order valence-electron chi connectivity index (χ2n) is 7.20. The Morgan fingerprint density at radius 2 is 1.85 bits per heavy atom. The van der Waals surface area contributed by atoms with Crippen molar-refractivity contribution in [1.82, 2.24) is 14.8 Å². The van der Waals surface area contributed by atoms with E-state index in [1.807, 2.05) is 0 Å². The van der Waals surface area contributed by atoms with Crippen molar-refractivity contribution in [3.05, 3.63) is 65.6 Å². The number of nitrogens with one attached hydrogen (secondary N) is 1. The molecule has 33 heavy (non-hydrogen) atoms. The minimum atomic E-state index is -4.48. The molecule has 12 heteroatoms. The molecule has 1 aromatic carbocycles. The fourth-order valence-electron chi connectivity index (χ4n) is 3.44. The summed E-state index contributed by atoms with van der Waals surface area (Å²) < 4.78 is 45.1. The van der Waals surface area contributed by atoms with Crippen molar-refractivity contribution in [3.63, 3.8) is 0 Å². The van der Waals surface area contributed by atoms with Crippen molar-refractivity contribution >= 4 is 36.8 Å². The highest BCUT2D eigenvalue weighted by molar-refractivity contribution is 7.59. The van der Waals surface area contributed by atoms with Gasteiger partial charge in [-0.05, 0) is 43.3 Å². The van der Waals surface area contributed by atoms with E-state index in [1.54, 1.807) is 19.1 Å². The first kappa shape index (κ1) is 24.1. The van der Waals surface area contributed by atoms with Crippen molar-refractivity contribution < 1.29 is 27.5 Å². The van der Waals surface area contributed by atoms with Crippen LogP contribution in [0.3, 0.4) is 0 Å². The Bertz CT molecular complexity index is 1160. The molecule has 0 bridgehead atoms. The van der Waals surface area contributed by atoms with Crippen LogP contribution in [0.25, 0.3) is 0 Å². The maximum atomic E-state index is 13.2. The molecule has 0 saturated heterocycles. The Labute approximate surface area is 193 Å². The van der Waals surface area contributed by atoms with Gasteiger partial charge in [0.2, 0.25) is 0 Å².